The van der Waals surface area contributed by atoms with Gasteiger partial charge in [-0.3, -0.25) is 0 Å². The van der Waals surface area contributed by atoms with Crippen molar-refractivity contribution in [2.75, 3.05) is 7.11 Å². The van der Waals surface area contributed by atoms with E-state index in [1.165, 1.54) is 0 Å². The minimum atomic E-state index is -4.20. The van der Waals surface area contributed by atoms with Crippen LogP contribution in [0.5, 0.6) is 0 Å². The van der Waals surface area contributed by atoms with E-state index in [4.69, 9.17) is 0 Å². The van der Waals surface area contributed by atoms with Crippen LogP contribution in [0, 0.1) is 0 Å². The number of hydrogen-bond donors (Lipinski definition) is 0. The van der Waals surface area contributed by atoms with E-state index in [9.17, 15) is 13.2 Å². The van der Waals surface area contributed by atoms with Gasteiger partial charge < -0.3 is 4.74 Å². The van der Waals surface area contributed by atoms with Gasteiger partial charge in [0.1, 0.15) is 0 Å². The van der Waals surface area contributed by atoms with E-state index in [-0.39, 0.29) is 12.8 Å². The van der Waals surface area contributed by atoms with Crippen molar-refractivity contribution in [1.29, 1.82) is 0 Å². The highest BCUT2D eigenvalue weighted by molar-refractivity contribution is 4.92. The summed E-state index contributed by atoms with van der Waals surface area (Å²) in [7, 11) is 1.14. The fourth-order valence-electron chi connectivity index (χ4n) is 1.55. The molecule has 0 heterocycles. The molecule has 0 amide bonds. The third-order valence-electron chi connectivity index (χ3n) is 2.32. The third-order valence-corrected chi connectivity index (χ3v) is 2.32. The molecule has 0 unspecified atom stereocenters. The maximum absolute atomic E-state index is 12.3. The molecular weight excluding hydrogens is 157 g/mol. The molecule has 1 nitrogen and oxygen atoms in total. The summed E-state index contributed by atoms with van der Waals surface area (Å²) in [5.41, 5.74) is -1.83. The van der Waals surface area contributed by atoms with Gasteiger partial charge in [-0.05, 0) is 12.8 Å². The predicted molar refractivity (Wildman–Crippen MR) is 34.3 cm³/mol. The number of halogens is 3. The lowest BCUT2D eigenvalue weighted by Crippen LogP contribution is -2.44. The smallest absolute Gasteiger partial charge is 0.369 e. The fourth-order valence-corrected chi connectivity index (χ4v) is 1.55. The van der Waals surface area contributed by atoms with Crippen LogP contribution in [-0.4, -0.2) is 18.9 Å². The molecule has 66 valence electrons. The van der Waals surface area contributed by atoms with Crippen molar-refractivity contribution in [3.05, 3.63) is 0 Å². The van der Waals surface area contributed by atoms with Gasteiger partial charge >= 0.3 is 6.18 Å². The van der Waals surface area contributed by atoms with Crippen molar-refractivity contribution in [1.82, 2.24) is 0 Å². The first-order valence-electron chi connectivity index (χ1n) is 3.64. The number of rotatable bonds is 1. The van der Waals surface area contributed by atoms with E-state index in [0.29, 0.717) is 12.8 Å². The highest BCUT2D eigenvalue weighted by atomic mass is 19.4. The van der Waals surface area contributed by atoms with Crippen LogP contribution in [-0.2, 0) is 4.74 Å². The topological polar surface area (TPSA) is 9.23 Å². The Labute approximate surface area is 63.5 Å². The minimum absolute atomic E-state index is 0.118. The van der Waals surface area contributed by atoms with E-state index in [1.807, 2.05) is 0 Å². The van der Waals surface area contributed by atoms with Crippen molar-refractivity contribution >= 4 is 0 Å². The molecule has 1 aliphatic carbocycles. The van der Waals surface area contributed by atoms with Gasteiger partial charge in [0, 0.05) is 7.11 Å². The summed E-state index contributed by atoms with van der Waals surface area (Å²) >= 11 is 0. The molecule has 0 spiro atoms. The highest BCUT2D eigenvalue weighted by Crippen LogP contribution is 2.45. The number of alkyl halides is 3. The molecule has 0 saturated heterocycles. The van der Waals surface area contributed by atoms with Crippen LogP contribution in [0.3, 0.4) is 0 Å². The van der Waals surface area contributed by atoms with E-state index in [2.05, 4.69) is 4.74 Å². The molecule has 1 fully saturated rings. The summed E-state index contributed by atoms with van der Waals surface area (Å²) in [5, 5.41) is 0. The van der Waals surface area contributed by atoms with E-state index in [0.717, 1.165) is 7.11 Å². The van der Waals surface area contributed by atoms with Crippen LogP contribution in [0.25, 0.3) is 0 Å². The lowest BCUT2D eigenvalue weighted by Gasteiger charge is -2.29. The predicted octanol–water partition coefficient (Wildman–Crippen LogP) is 2.51. The Balaban J connectivity index is 2.75. The first kappa shape index (κ1) is 8.84. The quantitative estimate of drug-likeness (QED) is 0.584. The second kappa shape index (κ2) is 2.66. The third kappa shape index (κ3) is 1.36. The molecule has 4 heteroatoms. The zero-order valence-corrected chi connectivity index (χ0v) is 6.37. The zero-order valence-electron chi connectivity index (χ0n) is 6.37. The van der Waals surface area contributed by atoms with Crippen LogP contribution in [0.1, 0.15) is 25.7 Å². The molecule has 0 radical (unpaired) electrons. The minimum Gasteiger partial charge on any atom is -0.369 e. The standard InChI is InChI=1S/C7H11F3O/c1-11-6(7(8,9)10)4-2-3-5-6/h2-5H2,1H3. The van der Waals surface area contributed by atoms with Crippen molar-refractivity contribution in [2.45, 2.75) is 37.5 Å². The monoisotopic (exact) mass is 168 g/mol. The highest BCUT2D eigenvalue weighted by Gasteiger charge is 2.56. The van der Waals surface area contributed by atoms with Gasteiger partial charge in [0.2, 0.25) is 0 Å². The molecule has 0 bridgehead atoms. The van der Waals surface area contributed by atoms with Gasteiger partial charge in [-0.15, -0.1) is 0 Å². The Morgan fingerprint density at radius 2 is 1.64 bits per heavy atom. The fraction of sp³-hybridized carbons (Fsp3) is 1.00. The average molecular weight is 168 g/mol. The summed E-state index contributed by atoms with van der Waals surface area (Å²) in [4.78, 5) is 0. The molecule has 1 rings (SSSR count). The molecule has 0 aromatic rings. The van der Waals surface area contributed by atoms with Crippen LogP contribution in [0.4, 0.5) is 13.2 Å². The maximum atomic E-state index is 12.3. The molecule has 0 aliphatic heterocycles. The van der Waals surface area contributed by atoms with E-state index >= 15 is 0 Å². The Bertz CT molecular complexity index is 135. The van der Waals surface area contributed by atoms with E-state index in [1.54, 1.807) is 0 Å². The average Bonchev–Trinajstić information content (AvgIpc) is 2.33. The van der Waals surface area contributed by atoms with Crippen LogP contribution >= 0.6 is 0 Å². The molecular formula is C7H11F3O. The Morgan fingerprint density at radius 1 is 1.18 bits per heavy atom. The Kier molecular flexibility index (Phi) is 2.14. The second-order valence-electron chi connectivity index (χ2n) is 2.90. The molecule has 0 N–H and O–H groups in total. The van der Waals surface area contributed by atoms with Crippen molar-refractivity contribution in [2.24, 2.45) is 0 Å². The lowest BCUT2D eigenvalue weighted by atomic mass is 10.0. The largest absolute Gasteiger partial charge is 0.417 e. The summed E-state index contributed by atoms with van der Waals surface area (Å²) in [6, 6.07) is 0. The maximum Gasteiger partial charge on any atom is 0.417 e. The summed E-state index contributed by atoms with van der Waals surface area (Å²) in [5.74, 6) is 0. The van der Waals surface area contributed by atoms with E-state index < -0.39 is 11.8 Å². The lowest BCUT2D eigenvalue weighted by molar-refractivity contribution is -0.266. The number of hydrogen-bond acceptors (Lipinski definition) is 1. The van der Waals surface area contributed by atoms with Gasteiger partial charge in [-0.2, -0.15) is 13.2 Å². The van der Waals surface area contributed by atoms with Gasteiger partial charge in [-0.25, -0.2) is 0 Å². The van der Waals surface area contributed by atoms with Crippen LogP contribution < -0.4 is 0 Å². The first-order valence-corrected chi connectivity index (χ1v) is 3.64. The molecule has 1 saturated carbocycles. The SMILES string of the molecule is COC1(C(F)(F)F)CCCC1. The van der Waals surface area contributed by atoms with Crippen LogP contribution in [0.2, 0.25) is 0 Å². The molecule has 0 aromatic heterocycles. The van der Waals surface area contributed by atoms with Crippen molar-refractivity contribution in [3.63, 3.8) is 0 Å². The van der Waals surface area contributed by atoms with Gasteiger partial charge in [0.15, 0.2) is 5.60 Å². The van der Waals surface area contributed by atoms with Crippen molar-refractivity contribution < 1.29 is 17.9 Å². The first-order chi connectivity index (χ1) is 5.02. The Hall–Kier alpha value is -0.250. The normalized spacial score (nSPS) is 24.0. The summed E-state index contributed by atoms with van der Waals surface area (Å²) in [6.07, 6.45) is -2.72. The summed E-state index contributed by atoms with van der Waals surface area (Å²) < 4.78 is 41.4. The van der Waals surface area contributed by atoms with Gasteiger partial charge in [-0.1, -0.05) is 12.8 Å². The second-order valence-corrected chi connectivity index (χ2v) is 2.90. The number of ether oxygens (including phenoxy) is 1. The zero-order chi connectivity index (χ0) is 8.54. The van der Waals surface area contributed by atoms with Crippen molar-refractivity contribution in [3.8, 4) is 0 Å². The van der Waals surface area contributed by atoms with Gasteiger partial charge in [0.05, 0.1) is 0 Å². The number of methoxy groups -OCH3 is 1. The van der Waals surface area contributed by atoms with Gasteiger partial charge in [0.25, 0.3) is 0 Å². The Morgan fingerprint density at radius 3 is 1.82 bits per heavy atom. The summed E-state index contributed by atoms with van der Waals surface area (Å²) in [6.45, 7) is 0. The molecule has 0 aromatic carbocycles. The molecule has 11 heavy (non-hydrogen) atoms. The van der Waals surface area contributed by atoms with Crippen LogP contribution in [0.15, 0.2) is 0 Å². The molecule has 0 atom stereocenters. The molecule has 1 aliphatic rings.